The van der Waals surface area contributed by atoms with E-state index in [9.17, 15) is 4.79 Å². The molecule has 0 aliphatic rings. The van der Waals surface area contributed by atoms with Crippen molar-refractivity contribution in [2.75, 3.05) is 17.2 Å². The van der Waals surface area contributed by atoms with E-state index in [1.807, 2.05) is 12.1 Å². The fraction of sp³-hybridized carbons (Fsp3) is 0.240. The average molecular weight is 390 g/mol. The number of carbonyl (C=O) groups excluding carboxylic acids is 1. The van der Waals surface area contributed by atoms with E-state index in [1.165, 1.54) is 37.7 Å². The Morgan fingerprint density at radius 3 is 1.72 bits per heavy atom. The monoisotopic (exact) mass is 389 g/mol. The van der Waals surface area contributed by atoms with E-state index >= 15 is 0 Å². The van der Waals surface area contributed by atoms with Gasteiger partial charge in [0.05, 0.1) is 0 Å². The molecule has 3 aromatic rings. The highest BCUT2D eigenvalue weighted by Crippen LogP contribution is 2.13. The van der Waals surface area contributed by atoms with Gasteiger partial charge in [-0.1, -0.05) is 38.3 Å². The second kappa shape index (κ2) is 11.5. The molecule has 6 N–H and O–H groups in total. The van der Waals surface area contributed by atoms with Crippen LogP contribution in [0.3, 0.4) is 0 Å². The Morgan fingerprint density at radius 2 is 1.24 bits per heavy atom. The lowest BCUT2D eigenvalue weighted by atomic mass is 10.0. The van der Waals surface area contributed by atoms with Gasteiger partial charge in [0.25, 0.3) is 0 Å². The number of unbranched alkanes of at least 4 members (excludes halogenated alkanes) is 3. The normalized spacial score (nSPS) is 10.1. The SMILES string of the molecule is CCCCCCc1cccc(N)c1.Nc1ccc(C(=O)c2ccc(N)cc2)cc1. The van der Waals surface area contributed by atoms with Crippen LogP contribution >= 0.6 is 0 Å². The van der Waals surface area contributed by atoms with E-state index in [-0.39, 0.29) is 5.78 Å². The van der Waals surface area contributed by atoms with Crippen LogP contribution in [0.15, 0.2) is 72.8 Å². The lowest BCUT2D eigenvalue weighted by Crippen LogP contribution is -2.01. The summed E-state index contributed by atoms with van der Waals surface area (Å²) in [6, 6.07) is 21.9. The Balaban J connectivity index is 0.000000212. The Labute approximate surface area is 173 Å². The van der Waals surface area contributed by atoms with Gasteiger partial charge in [-0.2, -0.15) is 0 Å². The van der Waals surface area contributed by atoms with Gasteiger partial charge in [-0.25, -0.2) is 0 Å². The van der Waals surface area contributed by atoms with Gasteiger partial charge in [0, 0.05) is 28.2 Å². The molecule has 4 heteroatoms. The summed E-state index contributed by atoms with van der Waals surface area (Å²) in [6.07, 6.45) is 6.45. The summed E-state index contributed by atoms with van der Waals surface area (Å²) in [4.78, 5) is 12.0. The lowest BCUT2D eigenvalue weighted by molar-refractivity contribution is 0.103. The zero-order chi connectivity index (χ0) is 21.1. The molecule has 0 amide bonds. The third-order valence-corrected chi connectivity index (χ3v) is 4.62. The highest BCUT2D eigenvalue weighted by Gasteiger charge is 2.07. The number of aryl methyl sites for hydroxylation is 1. The van der Waals surface area contributed by atoms with Crippen LogP contribution in [0, 0.1) is 0 Å². The highest BCUT2D eigenvalue weighted by molar-refractivity contribution is 6.09. The molecule has 0 aromatic heterocycles. The van der Waals surface area contributed by atoms with Crippen molar-refractivity contribution >= 4 is 22.8 Å². The number of nitrogens with two attached hydrogens (primary N) is 3. The van der Waals surface area contributed by atoms with Crippen LogP contribution in [0.5, 0.6) is 0 Å². The van der Waals surface area contributed by atoms with Gasteiger partial charge in [0.15, 0.2) is 5.78 Å². The molecule has 3 aromatic carbocycles. The van der Waals surface area contributed by atoms with E-state index in [0.717, 1.165) is 5.69 Å². The first-order valence-electron chi connectivity index (χ1n) is 10.1. The number of rotatable bonds is 7. The van der Waals surface area contributed by atoms with E-state index in [2.05, 4.69) is 19.1 Å². The molecule has 4 nitrogen and oxygen atoms in total. The predicted molar refractivity (Wildman–Crippen MR) is 124 cm³/mol. The topological polar surface area (TPSA) is 95.1 Å². The summed E-state index contributed by atoms with van der Waals surface area (Å²) < 4.78 is 0. The van der Waals surface area contributed by atoms with E-state index in [1.54, 1.807) is 48.5 Å². The molecular formula is C25H31N3O. The van der Waals surface area contributed by atoms with Gasteiger partial charge in [0.1, 0.15) is 0 Å². The molecule has 0 heterocycles. The molecule has 0 radical (unpaired) electrons. The van der Waals surface area contributed by atoms with Gasteiger partial charge in [-0.15, -0.1) is 0 Å². The van der Waals surface area contributed by atoms with Gasteiger partial charge in [0.2, 0.25) is 0 Å². The standard InChI is InChI=1S/C13H12N2O.C12H19N/c14-11-5-1-9(2-6-11)13(16)10-3-7-12(15)8-4-10;1-2-3-4-5-7-11-8-6-9-12(13)10-11/h1-8H,14-15H2;6,8-10H,2-5,7,13H2,1H3. The number of hydrogen-bond acceptors (Lipinski definition) is 4. The molecule has 0 aliphatic carbocycles. The highest BCUT2D eigenvalue weighted by atomic mass is 16.1. The second-order valence-corrected chi connectivity index (χ2v) is 7.13. The van der Waals surface area contributed by atoms with Crippen molar-refractivity contribution in [2.45, 2.75) is 39.0 Å². The third-order valence-electron chi connectivity index (χ3n) is 4.62. The molecule has 0 spiro atoms. The quantitative estimate of drug-likeness (QED) is 0.283. The number of ketones is 1. The van der Waals surface area contributed by atoms with E-state index < -0.39 is 0 Å². The molecule has 0 atom stereocenters. The van der Waals surface area contributed by atoms with Crippen LogP contribution in [0.25, 0.3) is 0 Å². The minimum absolute atomic E-state index is 0.0278. The number of nitrogen functional groups attached to an aromatic ring is 3. The molecule has 0 fully saturated rings. The summed E-state index contributed by atoms with van der Waals surface area (Å²) in [5.41, 5.74) is 21.6. The van der Waals surface area contributed by atoms with Crippen LogP contribution in [0.2, 0.25) is 0 Å². The Morgan fingerprint density at radius 1 is 0.690 bits per heavy atom. The fourth-order valence-electron chi connectivity index (χ4n) is 2.94. The maximum Gasteiger partial charge on any atom is 0.193 e. The third kappa shape index (κ3) is 7.70. The summed E-state index contributed by atoms with van der Waals surface area (Å²) in [5.74, 6) is -0.0278. The van der Waals surface area contributed by atoms with E-state index in [4.69, 9.17) is 17.2 Å². The van der Waals surface area contributed by atoms with Gasteiger partial charge >= 0.3 is 0 Å². The lowest BCUT2D eigenvalue weighted by Gasteiger charge is -2.02. The van der Waals surface area contributed by atoms with Crippen molar-refractivity contribution in [3.8, 4) is 0 Å². The maximum absolute atomic E-state index is 12.0. The molecular weight excluding hydrogens is 358 g/mol. The molecule has 0 unspecified atom stereocenters. The zero-order valence-electron chi connectivity index (χ0n) is 17.1. The summed E-state index contributed by atoms with van der Waals surface area (Å²) in [7, 11) is 0. The van der Waals surface area contributed by atoms with Crippen molar-refractivity contribution < 1.29 is 4.79 Å². The maximum atomic E-state index is 12.0. The second-order valence-electron chi connectivity index (χ2n) is 7.13. The smallest absolute Gasteiger partial charge is 0.193 e. The van der Waals surface area contributed by atoms with Gasteiger partial charge in [-0.3, -0.25) is 4.79 Å². The average Bonchev–Trinajstić information content (AvgIpc) is 2.72. The number of benzene rings is 3. The van der Waals surface area contributed by atoms with Crippen molar-refractivity contribution in [2.24, 2.45) is 0 Å². The molecule has 0 bridgehead atoms. The first-order valence-corrected chi connectivity index (χ1v) is 10.1. The molecule has 0 saturated carbocycles. The Bertz CT molecular complexity index is 839. The van der Waals surface area contributed by atoms with Gasteiger partial charge in [-0.05, 0) is 79.1 Å². The minimum Gasteiger partial charge on any atom is -0.399 e. The van der Waals surface area contributed by atoms with Gasteiger partial charge < -0.3 is 17.2 Å². The first-order chi connectivity index (χ1) is 14.0. The molecule has 3 rings (SSSR count). The zero-order valence-corrected chi connectivity index (χ0v) is 17.1. The Kier molecular flexibility index (Phi) is 8.77. The Hall–Kier alpha value is -3.27. The van der Waals surface area contributed by atoms with Crippen molar-refractivity contribution in [1.29, 1.82) is 0 Å². The van der Waals surface area contributed by atoms with Crippen molar-refractivity contribution in [3.63, 3.8) is 0 Å². The first kappa shape index (κ1) is 22.0. The number of hydrogen-bond donors (Lipinski definition) is 3. The van der Waals surface area contributed by atoms with Crippen molar-refractivity contribution in [1.82, 2.24) is 0 Å². The van der Waals surface area contributed by atoms with Crippen LogP contribution in [-0.2, 0) is 6.42 Å². The van der Waals surface area contributed by atoms with Crippen LogP contribution in [-0.4, -0.2) is 5.78 Å². The van der Waals surface area contributed by atoms with Crippen LogP contribution < -0.4 is 17.2 Å². The summed E-state index contributed by atoms with van der Waals surface area (Å²) in [6.45, 7) is 2.24. The largest absolute Gasteiger partial charge is 0.399 e. The van der Waals surface area contributed by atoms with Crippen molar-refractivity contribution in [3.05, 3.63) is 89.5 Å². The number of carbonyl (C=O) groups is 1. The molecule has 29 heavy (non-hydrogen) atoms. The van der Waals surface area contributed by atoms with Crippen LogP contribution in [0.4, 0.5) is 17.1 Å². The van der Waals surface area contributed by atoms with E-state index in [0.29, 0.717) is 22.5 Å². The fourth-order valence-corrected chi connectivity index (χ4v) is 2.94. The predicted octanol–water partition coefficient (Wildman–Crippen LogP) is 5.47. The summed E-state index contributed by atoms with van der Waals surface area (Å²) >= 11 is 0. The number of anilines is 3. The summed E-state index contributed by atoms with van der Waals surface area (Å²) in [5, 5.41) is 0. The molecule has 152 valence electrons. The molecule has 0 aliphatic heterocycles. The van der Waals surface area contributed by atoms with Crippen LogP contribution in [0.1, 0.15) is 54.1 Å². The minimum atomic E-state index is -0.0278. The molecule has 0 saturated heterocycles.